The van der Waals surface area contributed by atoms with E-state index in [1.807, 2.05) is 0 Å². The van der Waals surface area contributed by atoms with Crippen molar-refractivity contribution in [3.63, 3.8) is 0 Å². The van der Waals surface area contributed by atoms with Crippen LogP contribution in [0.15, 0.2) is 12.1 Å². The van der Waals surface area contributed by atoms with Crippen LogP contribution in [0.1, 0.15) is 55.6 Å². The fourth-order valence-electron chi connectivity index (χ4n) is 7.78. The minimum atomic E-state index is -2.57. The van der Waals surface area contributed by atoms with E-state index >= 15 is 0 Å². The van der Waals surface area contributed by atoms with Gasteiger partial charge >= 0.3 is 0 Å². The van der Waals surface area contributed by atoms with Crippen LogP contribution in [0, 0.1) is 46.3 Å². The number of phenols is 1. The average Bonchev–Trinajstić information content (AvgIpc) is 2.75. The molecule has 2 saturated carbocycles. The molecule has 2 fully saturated rings. The zero-order valence-electron chi connectivity index (χ0n) is 21.1. The van der Waals surface area contributed by atoms with Gasteiger partial charge in [-0.25, -0.2) is 0 Å². The number of Topliss-reactive ketones (excluding diaryl/α,β-unsaturated/α-hetero) is 2. The molecule has 2 amide bonds. The number of nitrogens with two attached hydrogens (primary N) is 2. The number of primary amides is 2. The topological polar surface area (TPSA) is 201 Å². The standard InChI is InChI=1S/C27H32N2O8/c1-11(2)18-21(33)17(24(29)36)22(34)27(37)23(35)19-20(32)16-13(9-25(19,3)10-26(18,27)4)12(5-7-14(16)30)6-8-15(28)31/h5,7,11,17-19,21,23,30,33,35,37H,9-10H2,1-4H3,(H2,28,31)(H2,29,36)/t17-,18+,19-,21?,23?,25-,26-,27+/m1/s1. The van der Waals surface area contributed by atoms with Crippen molar-refractivity contribution in [1.82, 2.24) is 0 Å². The maximum atomic E-state index is 13.9. The SMILES string of the molecule is CC(C)[C@H]1C(O)[C@@H](C(N)=O)C(=O)[C@]2(O)C(O)[C@H]3C(=O)c4c(O)ccc(C#CC(N)=O)c4C[C@]3(C)C[C@]12C. The highest BCUT2D eigenvalue weighted by atomic mass is 16.4. The van der Waals surface area contributed by atoms with Gasteiger partial charge < -0.3 is 31.9 Å². The van der Waals surface area contributed by atoms with E-state index in [1.54, 1.807) is 27.7 Å². The van der Waals surface area contributed by atoms with Gasteiger partial charge in [-0.2, -0.15) is 0 Å². The molecular formula is C27H32N2O8. The predicted molar refractivity (Wildman–Crippen MR) is 130 cm³/mol. The fraction of sp³-hybridized carbons (Fsp3) is 0.556. The van der Waals surface area contributed by atoms with Crippen LogP contribution in [0.3, 0.4) is 0 Å². The smallest absolute Gasteiger partial charge is 0.293 e. The van der Waals surface area contributed by atoms with Gasteiger partial charge in [0.2, 0.25) is 5.91 Å². The Balaban J connectivity index is 1.97. The highest BCUT2D eigenvalue weighted by Gasteiger charge is 2.75. The number of hydrogen-bond acceptors (Lipinski definition) is 8. The molecule has 10 heteroatoms. The second-order valence-corrected chi connectivity index (χ2v) is 11.6. The van der Waals surface area contributed by atoms with Gasteiger partial charge in [0.1, 0.15) is 17.8 Å². The van der Waals surface area contributed by atoms with Crippen LogP contribution in [-0.2, 0) is 20.8 Å². The van der Waals surface area contributed by atoms with Crippen LogP contribution in [0.4, 0.5) is 0 Å². The number of hydrogen-bond donors (Lipinski definition) is 6. The molecule has 3 aliphatic carbocycles. The van der Waals surface area contributed by atoms with Gasteiger partial charge in [-0.05, 0) is 53.7 Å². The number of fused-ring (bicyclic) bond motifs is 3. The summed E-state index contributed by atoms with van der Waals surface area (Å²) in [6.45, 7) is 6.85. The Hall–Kier alpha value is -3.26. The third-order valence-corrected chi connectivity index (χ3v) is 8.99. The van der Waals surface area contributed by atoms with Crippen LogP contribution in [-0.4, -0.2) is 61.6 Å². The van der Waals surface area contributed by atoms with Crippen molar-refractivity contribution in [2.45, 2.75) is 58.3 Å². The van der Waals surface area contributed by atoms with Gasteiger partial charge in [-0.15, -0.1) is 0 Å². The highest BCUT2D eigenvalue weighted by Crippen LogP contribution is 2.65. The zero-order chi connectivity index (χ0) is 27.8. The number of rotatable bonds is 2. The van der Waals surface area contributed by atoms with Gasteiger partial charge in [0.25, 0.3) is 5.91 Å². The summed E-state index contributed by atoms with van der Waals surface area (Å²) >= 11 is 0. The summed E-state index contributed by atoms with van der Waals surface area (Å²) in [7, 11) is 0. The molecule has 1 aromatic carbocycles. The molecule has 0 saturated heterocycles. The molecule has 0 aromatic heterocycles. The predicted octanol–water partition coefficient (Wildman–Crippen LogP) is -0.590. The van der Waals surface area contributed by atoms with Crippen LogP contribution in [0.2, 0.25) is 0 Å². The quantitative estimate of drug-likeness (QED) is 0.223. The number of phenolic OH excluding ortho intramolecular Hbond substituents is 1. The van der Waals surface area contributed by atoms with E-state index in [4.69, 9.17) is 11.5 Å². The first kappa shape index (κ1) is 26.8. The van der Waals surface area contributed by atoms with E-state index in [1.165, 1.54) is 12.1 Å². The van der Waals surface area contributed by atoms with E-state index in [-0.39, 0.29) is 30.1 Å². The maximum Gasteiger partial charge on any atom is 0.293 e. The van der Waals surface area contributed by atoms with E-state index in [2.05, 4.69) is 11.8 Å². The fourth-order valence-corrected chi connectivity index (χ4v) is 7.78. The van der Waals surface area contributed by atoms with Gasteiger partial charge in [-0.1, -0.05) is 33.6 Å². The number of aliphatic hydroxyl groups is 3. The van der Waals surface area contributed by atoms with Crippen molar-refractivity contribution in [2.24, 2.45) is 46.0 Å². The zero-order valence-corrected chi connectivity index (χ0v) is 21.1. The lowest BCUT2D eigenvalue weighted by molar-refractivity contribution is -0.265. The first-order chi connectivity index (χ1) is 17.0. The number of benzene rings is 1. The number of aromatic hydroxyl groups is 1. The molecule has 2 unspecified atom stereocenters. The van der Waals surface area contributed by atoms with E-state index in [0.29, 0.717) is 11.1 Å². The van der Waals surface area contributed by atoms with Gasteiger partial charge in [-0.3, -0.25) is 19.2 Å². The Kier molecular flexibility index (Phi) is 6.07. The maximum absolute atomic E-state index is 13.9. The van der Waals surface area contributed by atoms with Crippen molar-refractivity contribution in [1.29, 1.82) is 0 Å². The lowest BCUT2D eigenvalue weighted by Crippen LogP contribution is -2.79. The Bertz CT molecular complexity index is 1300. The average molecular weight is 513 g/mol. The largest absolute Gasteiger partial charge is 0.507 e. The summed E-state index contributed by atoms with van der Waals surface area (Å²) in [4.78, 5) is 51.0. The molecule has 0 heterocycles. The lowest BCUT2D eigenvalue weighted by atomic mass is 9.39. The molecule has 0 aliphatic heterocycles. The molecule has 0 bridgehead atoms. The first-order valence-corrected chi connectivity index (χ1v) is 12.2. The molecule has 8 atom stereocenters. The molecular weight excluding hydrogens is 480 g/mol. The summed E-state index contributed by atoms with van der Waals surface area (Å²) in [6, 6.07) is 2.69. The molecule has 1 aromatic rings. The third kappa shape index (κ3) is 3.45. The Morgan fingerprint density at radius 3 is 2.30 bits per heavy atom. The van der Waals surface area contributed by atoms with E-state index in [0.717, 1.165) is 0 Å². The van der Waals surface area contributed by atoms with Crippen LogP contribution >= 0.6 is 0 Å². The second-order valence-electron chi connectivity index (χ2n) is 11.6. The lowest BCUT2D eigenvalue weighted by Gasteiger charge is -2.66. The normalized spacial score (nSPS) is 38.6. The van der Waals surface area contributed by atoms with Crippen LogP contribution in [0.5, 0.6) is 5.75 Å². The van der Waals surface area contributed by atoms with E-state index in [9.17, 15) is 39.6 Å². The summed E-state index contributed by atoms with van der Waals surface area (Å²) in [5.41, 5.74) is 6.05. The van der Waals surface area contributed by atoms with Gasteiger partial charge in [0, 0.05) is 11.0 Å². The molecule has 198 valence electrons. The monoisotopic (exact) mass is 512 g/mol. The molecule has 8 N–H and O–H groups in total. The van der Waals surface area contributed by atoms with Crippen molar-refractivity contribution in [3.05, 3.63) is 28.8 Å². The minimum absolute atomic E-state index is 0.0128. The third-order valence-electron chi connectivity index (χ3n) is 8.99. The highest BCUT2D eigenvalue weighted by molar-refractivity contribution is 6.09. The second kappa shape index (κ2) is 8.38. The number of aliphatic hydroxyl groups excluding tert-OH is 2. The van der Waals surface area contributed by atoms with Gasteiger partial charge in [0.05, 0.1) is 17.6 Å². The molecule has 4 rings (SSSR count). The molecule has 10 nitrogen and oxygen atoms in total. The Morgan fingerprint density at radius 2 is 1.76 bits per heavy atom. The van der Waals surface area contributed by atoms with Crippen LogP contribution in [0.25, 0.3) is 0 Å². The number of amides is 2. The molecule has 0 spiro atoms. The summed E-state index contributed by atoms with van der Waals surface area (Å²) in [5.74, 6) is -3.62. The Morgan fingerprint density at radius 1 is 1.14 bits per heavy atom. The summed E-state index contributed by atoms with van der Waals surface area (Å²) in [5, 5.41) is 45.5. The Labute approximate surface area is 214 Å². The number of carbonyl (C=O) groups is 4. The van der Waals surface area contributed by atoms with E-state index < -0.39 is 69.8 Å². The molecule has 0 radical (unpaired) electrons. The van der Waals surface area contributed by atoms with Gasteiger partial charge in [0.15, 0.2) is 17.2 Å². The number of ketones is 2. The number of carbonyl (C=O) groups excluding carboxylic acids is 4. The summed E-state index contributed by atoms with van der Waals surface area (Å²) in [6.07, 6.45) is -3.35. The van der Waals surface area contributed by atoms with Crippen molar-refractivity contribution in [3.8, 4) is 17.6 Å². The minimum Gasteiger partial charge on any atom is -0.507 e. The van der Waals surface area contributed by atoms with Crippen molar-refractivity contribution >= 4 is 23.4 Å². The summed E-state index contributed by atoms with van der Waals surface area (Å²) < 4.78 is 0. The van der Waals surface area contributed by atoms with Crippen molar-refractivity contribution < 1.29 is 39.6 Å². The first-order valence-electron chi connectivity index (χ1n) is 12.2. The molecule has 37 heavy (non-hydrogen) atoms. The van der Waals surface area contributed by atoms with Crippen LogP contribution < -0.4 is 11.5 Å². The molecule has 3 aliphatic rings. The van der Waals surface area contributed by atoms with Crippen molar-refractivity contribution in [2.75, 3.05) is 0 Å².